The molecule has 0 bridgehead atoms. The van der Waals surface area contributed by atoms with Gasteiger partial charge in [-0.05, 0) is 0 Å². The topological polar surface area (TPSA) is 53.6 Å². The van der Waals surface area contributed by atoms with Gasteiger partial charge < -0.3 is 9.88 Å². The van der Waals surface area contributed by atoms with Gasteiger partial charge in [0.15, 0.2) is 0 Å². The minimum absolute atomic E-state index is 0.437. The number of nitrogens with zero attached hydrogens (tertiary/aromatic N) is 3. The van der Waals surface area contributed by atoms with Gasteiger partial charge in [0.2, 0.25) is 5.82 Å². The lowest BCUT2D eigenvalue weighted by molar-refractivity contribution is 0.341. The average molecular weight is 148 g/mol. The molecule has 11 heavy (non-hydrogen) atoms. The van der Waals surface area contributed by atoms with Crippen LogP contribution in [0.1, 0.15) is 11.9 Å². The first-order valence-corrected chi connectivity index (χ1v) is 3.55. The van der Waals surface area contributed by atoms with Gasteiger partial charge in [-0.1, -0.05) is 0 Å². The van der Waals surface area contributed by atoms with E-state index in [2.05, 4.69) is 10.3 Å². The Labute approximate surface area is 64.5 Å². The minimum atomic E-state index is 0.437. The Morgan fingerprint density at radius 1 is 1.73 bits per heavy atom. The molecule has 1 fully saturated rings. The van der Waals surface area contributed by atoms with E-state index in [1.807, 2.05) is 16.8 Å². The van der Waals surface area contributed by atoms with Crippen molar-refractivity contribution in [2.45, 2.75) is 6.04 Å². The van der Waals surface area contributed by atoms with E-state index in [1.54, 1.807) is 6.20 Å². The molecule has 1 aromatic heterocycles. The Kier molecular flexibility index (Phi) is 1.37. The average Bonchev–Trinajstić information content (AvgIpc) is 2.32. The first-order valence-electron chi connectivity index (χ1n) is 3.55. The number of hydrogen-bond acceptors (Lipinski definition) is 3. The van der Waals surface area contributed by atoms with Crippen LogP contribution >= 0.6 is 0 Å². The van der Waals surface area contributed by atoms with Crippen LogP contribution in [0.4, 0.5) is 0 Å². The maximum Gasteiger partial charge on any atom is 0.213 e. The summed E-state index contributed by atoms with van der Waals surface area (Å²) in [5.41, 5.74) is 0. The van der Waals surface area contributed by atoms with E-state index in [0.29, 0.717) is 11.9 Å². The molecule has 0 unspecified atom stereocenters. The van der Waals surface area contributed by atoms with E-state index in [9.17, 15) is 0 Å². The second-order valence-electron chi connectivity index (χ2n) is 2.58. The second kappa shape index (κ2) is 2.36. The molecule has 2 heterocycles. The molecule has 0 saturated carbocycles. The van der Waals surface area contributed by atoms with Crippen molar-refractivity contribution in [3.05, 3.63) is 18.2 Å². The van der Waals surface area contributed by atoms with E-state index in [4.69, 9.17) is 5.26 Å². The third-order valence-corrected chi connectivity index (χ3v) is 1.92. The van der Waals surface area contributed by atoms with Crippen LogP contribution < -0.4 is 5.32 Å². The van der Waals surface area contributed by atoms with Gasteiger partial charge in [0.25, 0.3) is 0 Å². The highest BCUT2D eigenvalue weighted by molar-refractivity contribution is 5.13. The third-order valence-electron chi connectivity index (χ3n) is 1.92. The van der Waals surface area contributed by atoms with Gasteiger partial charge in [0, 0.05) is 25.5 Å². The summed E-state index contributed by atoms with van der Waals surface area (Å²) >= 11 is 0. The van der Waals surface area contributed by atoms with E-state index in [0.717, 1.165) is 13.1 Å². The Morgan fingerprint density at radius 3 is 3.09 bits per heavy atom. The van der Waals surface area contributed by atoms with Gasteiger partial charge in [0.05, 0.1) is 6.04 Å². The normalized spacial score (nSPS) is 17.4. The molecule has 0 aliphatic carbocycles. The number of aromatic nitrogens is 2. The van der Waals surface area contributed by atoms with Crippen molar-refractivity contribution in [3.8, 4) is 6.07 Å². The van der Waals surface area contributed by atoms with Crippen molar-refractivity contribution in [2.75, 3.05) is 13.1 Å². The summed E-state index contributed by atoms with van der Waals surface area (Å²) < 4.78 is 1.91. The maximum absolute atomic E-state index is 8.62. The van der Waals surface area contributed by atoms with Crippen molar-refractivity contribution < 1.29 is 0 Å². The molecule has 1 aromatic rings. The summed E-state index contributed by atoms with van der Waals surface area (Å²) in [6, 6.07) is 2.49. The standard InChI is InChI=1S/C7H8N4/c8-3-7-10-1-2-11(7)6-4-9-5-6/h1-2,6,9H,4-5H2. The summed E-state index contributed by atoms with van der Waals surface area (Å²) in [6.45, 7) is 1.90. The molecule has 1 saturated heterocycles. The van der Waals surface area contributed by atoms with Crippen LogP contribution in [0.2, 0.25) is 0 Å². The van der Waals surface area contributed by atoms with Crippen LogP contribution in [-0.4, -0.2) is 22.6 Å². The van der Waals surface area contributed by atoms with Crippen LogP contribution in [0.5, 0.6) is 0 Å². The quantitative estimate of drug-likeness (QED) is 0.605. The van der Waals surface area contributed by atoms with Gasteiger partial charge in [0.1, 0.15) is 6.07 Å². The Hall–Kier alpha value is -1.34. The SMILES string of the molecule is N#Cc1nccn1C1CNC1. The summed E-state index contributed by atoms with van der Waals surface area (Å²) in [4.78, 5) is 3.91. The van der Waals surface area contributed by atoms with E-state index in [1.165, 1.54) is 0 Å². The third kappa shape index (κ3) is 0.900. The second-order valence-corrected chi connectivity index (χ2v) is 2.58. The number of rotatable bonds is 1. The number of nitrogens with one attached hydrogen (secondary N) is 1. The van der Waals surface area contributed by atoms with Gasteiger partial charge >= 0.3 is 0 Å². The fraction of sp³-hybridized carbons (Fsp3) is 0.429. The molecule has 0 radical (unpaired) electrons. The molecule has 0 aromatic carbocycles. The van der Waals surface area contributed by atoms with Gasteiger partial charge in [-0.25, -0.2) is 4.98 Å². The first kappa shape index (κ1) is 6.38. The number of nitriles is 1. The minimum Gasteiger partial charge on any atom is -0.317 e. The highest BCUT2D eigenvalue weighted by atomic mass is 15.2. The zero-order valence-electron chi connectivity index (χ0n) is 5.99. The summed E-state index contributed by atoms with van der Waals surface area (Å²) in [6.07, 6.45) is 3.51. The first-order chi connectivity index (χ1) is 5.42. The lowest BCUT2D eigenvalue weighted by Gasteiger charge is -2.28. The molecule has 2 rings (SSSR count). The smallest absolute Gasteiger partial charge is 0.213 e. The van der Waals surface area contributed by atoms with Crippen LogP contribution in [0.15, 0.2) is 12.4 Å². The molecule has 1 aliphatic heterocycles. The van der Waals surface area contributed by atoms with Crippen LogP contribution in [0, 0.1) is 11.3 Å². The molecule has 1 aliphatic rings. The van der Waals surface area contributed by atoms with Gasteiger partial charge in [-0.3, -0.25) is 0 Å². The van der Waals surface area contributed by atoms with Crippen molar-refractivity contribution >= 4 is 0 Å². The highest BCUT2D eigenvalue weighted by Gasteiger charge is 2.20. The molecule has 0 spiro atoms. The van der Waals surface area contributed by atoms with Crippen molar-refractivity contribution in [1.82, 2.24) is 14.9 Å². The largest absolute Gasteiger partial charge is 0.317 e. The molecule has 4 heteroatoms. The van der Waals surface area contributed by atoms with Crippen LogP contribution in [-0.2, 0) is 0 Å². The van der Waals surface area contributed by atoms with E-state index in [-0.39, 0.29) is 0 Å². The lowest BCUT2D eigenvalue weighted by atomic mass is 10.2. The predicted molar refractivity (Wildman–Crippen MR) is 38.8 cm³/mol. The summed E-state index contributed by atoms with van der Waals surface area (Å²) in [5.74, 6) is 0.511. The number of hydrogen-bond donors (Lipinski definition) is 1. The molecule has 1 N–H and O–H groups in total. The van der Waals surface area contributed by atoms with Crippen LogP contribution in [0.25, 0.3) is 0 Å². The molecule has 0 atom stereocenters. The monoisotopic (exact) mass is 148 g/mol. The highest BCUT2D eigenvalue weighted by Crippen LogP contribution is 2.12. The molecular weight excluding hydrogens is 140 g/mol. The fourth-order valence-electron chi connectivity index (χ4n) is 1.16. The lowest BCUT2D eigenvalue weighted by Crippen LogP contribution is -2.43. The van der Waals surface area contributed by atoms with Crippen molar-refractivity contribution in [3.63, 3.8) is 0 Å². The van der Waals surface area contributed by atoms with Crippen LogP contribution in [0.3, 0.4) is 0 Å². The van der Waals surface area contributed by atoms with E-state index >= 15 is 0 Å². The van der Waals surface area contributed by atoms with Gasteiger partial charge in [-0.2, -0.15) is 5.26 Å². The molecular formula is C7H8N4. The molecule has 56 valence electrons. The van der Waals surface area contributed by atoms with Crippen molar-refractivity contribution in [2.24, 2.45) is 0 Å². The zero-order valence-corrected chi connectivity index (χ0v) is 5.99. The number of imidazole rings is 1. The Balaban J connectivity index is 2.29. The van der Waals surface area contributed by atoms with Gasteiger partial charge in [-0.15, -0.1) is 0 Å². The van der Waals surface area contributed by atoms with Crippen molar-refractivity contribution in [1.29, 1.82) is 5.26 Å². The maximum atomic E-state index is 8.62. The fourth-order valence-corrected chi connectivity index (χ4v) is 1.16. The Bertz CT molecular complexity index is 292. The Morgan fingerprint density at radius 2 is 2.55 bits per heavy atom. The summed E-state index contributed by atoms with van der Waals surface area (Å²) in [7, 11) is 0. The zero-order chi connectivity index (χ0) is 7.68. The predicted octanol–water partition coefficient (Wildman–Crippen LogP) is -0.101. The van der Waals surface area contributed by atoms with E-state index < -0.39 is 0 Å². The molecule has 0 amide bonds. The summed E-state index contributed by atoms with van der Waals surface area (Å²) in [5, 5.41) is 11.8. The molecule has 4 nitrogen and oxygen atoms in total.